The van der Waals surface area contributed by atoms with E-state index >= 15 is 0 Å². The van der Waals surface area contributed by atoms with Crippen LogP contribution in [-0.2, 0) is 41.7 Å². The molecule has 280 valence electrons. The van der Waals surface area contributed by atoms with E-state index < -0.39 is 89.6 Å². The summed E-state index contributed by atoms with van der Waals surface area (Å²) >= 11 is 1.01. The highest BCUT2D eigenvalue weighted by Crippen LogP contribution is 2.31. The Morgan fingerprint density at radius 2 is 1.63 bits per heavy atom. The Labute approximate surface area is 300 Å². The van der Waals surface area contributed by atoms with Crippen molar-refractivity contribution < 1.29 is 39.0 Å². The number of amides is 5. The van der Waals surface area contributed by atoms with Crippen LogP contribution in [-0.4, -0.2) is 102 Å². The first-order chi connectivity index (χ1) is 24.5. The predicted octanol–water partition coefficient (Wildman–Crippen LogP) is -1.68. The summed E-state index contributed by atoms with van der Waals surface area (Å²) in [5, 5.41) is 33.9. The molecule has 0 unspecified atom stereocenters. The van der Waals surface area contributed by atoms with Gasteiger partial charge in [0.15, 0.2) is 0 Å². The standard InChI is InChI=1S/C33H42N8O10S/c1-15(2)11-21-28(46)34-16(3)27(45)40-26(17(4)42)30(48)37-23(32(49)50)14-52-31-19(18-7-5-6-8-20(18)38-31)12-22(29(47)36-21)35-25(44)13-41-10-9-24(43)39-33(41)51/h5-10,15-17,21-23,26,38,42H,11-14H2,1-4H3,(H,34,46)(H,35,44)(H,36,47)(H,37,48)(H,40,45)(H,49,50)(H,39,43,51)/t16-,17-,21+,22+,23+,26+/m1/s1. The number of carboxylic acid groups (broad SMARTS) is 1. The Hall–Kier alpha value is -5.43. The van der Waals surface area contributed by atoms with E-state index in [1.54, 1.807) is 24.3 Å². The largest absolute Gasteiger partial charge is 0.480 e. The third-order valence-electron chi connectivity index (χ3n) is 8.21. The summed E-state index contributed by atoms with van der Waals surface area (Å²) in [7, 11) is 0. The second-order valence-corrected chi connectivity index (χ2v) is 13.9. The Kier molecular flexibility index (Phi) is 13.0. The molecule has 4 rings (SSSR count). The monoisotopic (exact) mass is 742 g/mol. The van der Waals surface area contributed by atoms with Crippen molar-refractivity contribution in [3.8, 4) is 0 Å². The number of carbonyl (C=O) groups is 6. The number of carboxylic acids is 1. The zero-order valence-electron chi connectivity index (χ0n) is 28.8. The van der Waals surface area contributed by atoms with Gasteiger partial charge in [-0.2, -0.15) is 0 Å². The van der Waals surface area contributed by atoms with Crippen molar-refractivity contribution in [2.75, 3.05) is 5.75 Å². The number of H-pyrrole nitrogens is 2. The molecule has 0 saturated heterocycles. The maximum atomic E-state index is 14.1. The van der Waals surface area contributed by atoms with E-state index in [2.05, 4.69) is 36.6 Å². The molecule has 1 aliphatic rings. The number of aliphatic carboxylic acids is 1. The summed E-state index contributed by atoms with van der Waals surface area (Å²) in [5.41, 5.74) is -0.386. The summed E-state index contributed by atoms with van der Waals surface area (Å²) < 4.78 is 0.937. The number of nitrogens with one attached hydrogen (secondary N) is 7. The van der Waals surface area contributed by atoms with Crippen molar-refractivity contribution in [1.29, 1.82) is 0 Å². The van der Waals surface area contributed by atoms with Gasteiger partial charge in [0.05, 0.1) is 11.1 Å². The number of thioether (sulfide) groups is 1. The molecule has 18 nitrogen and oxygen atoms in total. The number of fused-ring (bicyclic) bond motifs is 3. The SMILES string of the molecule is CC(C)C[C@@H]1NC(=O)[C@@H](NC(=O)Cn2ccc(=O)[nH]c2=O)Cc2c([nH]c3ccccc23)SC[C@@H](C(=O)O)NC(=O)[C@H]([C@@H](C)O)NC(=O)[C@@H](C)NC1=O. The van der Waals surface area contributed by atoms with Crippen LogP contribution in [0.4, 0.5) is 0 Å². The quantitative estimate of drug-likeness (QED) is 0.132. The molecule has 2 aromatic heterocycles. The van der Waals surface area contributed by atoms with Gasteiger partial charge in [-0.05, 0) is 37.8 Å². The van der Waals surface area contributed by atoms with E-state index in [-0.39, 0.29) is 24.5 Å². The molecule has 0 bridgehead atoms. The van der Waals surface area contributed by atoms with Crippen molar-refractivity contribution in [3.63, 3.8) is 0 Å². The smallest absolute Gasteiger partial charge is 0.328 e. The van der Waals surface area contributed by atoms with E-state index in [9.17, 15) is 48.6 Å². The first-order valence-electron chi connectivity index (χ1n) is 16.5. The number of benzene rings is 1. The highest BCUT2D eigenvalue weighted by Gasteiger charge is 2.34. The molecule has 1 aromatic carbocycles. The number of aliphatic hydroxyl groups is 1. The van der Waals surface area contributed by atoms with Gasteiger partial charge in [0.1, 0.15) is 36.8 Å². The molecule has 0 saturated carbocycles. The molecule has 0 aliphatic carbocycles. The summed E-state index contributed by atoms with van der Waals surface area (Å²) in [6, 6.07) is 1.20. The number of hydrogen-bond acceptors (Lipinski definition) is 10. The van der Waals surface area contributed by atoms with Gasteiger partial charge < -0.3 is 41.8 Å². The van der Waals surface area contributed by atoms with Crippen molar-refractivity contribution in [2.24, 2.45) is 5.92 Å². The summed E-state index contributed by atoms with van der Waals surface area (Å²) in [6.07, 6.45) is -0.362. The molecule has 0 spiro atoms. The maximum Gasteiger partial charge on any atom is 0.328 e. The number of nitrogens with zero attached hydrogens (tertiary/aromatic N) is 1. The molecule has 0 radical (unpaired) electrons. The van der Waals surface area contributed by atoms with Crippen LogP contribution < -0.4 is 37.8 Å². The summed E-state index contributed by atoms with van der Waals surface area (Å²) in [5.74, 6) is -5.89. The second kappa shape index (κ2) is 17.2. The second-order valence-electron chi connectivity index (χ2n) is 12.9. The molecule has 1 aliphatic heterocycles. The van der Waals surface area contributed by atoms with Crippen LogP contribution in [0.25, 0.3) is 10.9 Å². The van der Waals surface area contributed by atoms with Crippen LogP contribution in [0, 0.1) is 5.92 Å². The van der Waals surface area contributed by atoms with Gasteiger partial charge in [-0.3, -0.25) is 38.3 Å². The molecule has 5 amide bonds. The molecule has 3 aromatic rings. The minimum atomic E-state index is -1.57. The van der Waals surface area contributed by atoms with Gasteiger partial charge in [-0.25, -0.2) is 9.59 Å². The van der Waals surface area contributed by atoms with Gasteiger partial charge in [-0.1, -0.05) is 32.0 Å². The average Bonchev–Trinajstić information content (AvgIpc) is 3.41. The van der Waals surface area contributed by atoms with Gasteiger partial charge in [0, 0.05) is 35.3 Å². The van der Waals surface area contributed by atoms with E-state index in [0.29, 0.717) is 21.5 Å². The lowest BCUT2D eigenvalue weighted by atomic mass is 10.0. The van der Waals surface area contributed by atoms with Crippen LogP contribution in [0.1, 0.15) is 39.7 Å². The molecule has 52 heavy (non-hydrogen) atoms. The van der Waals surface area contributed by atoms with Crippen LogP contribution in [0.3, 0.4) is 0 Å². The predicted molar refractivity (Wildman–Crippen MR) is 188 cm³/mol. The van der Waals surface area contributed by atoms with Crippen molar-refractivity contribution >= 4 is 58.2 Å². The lowest BCUT2D eigenvalue weighted by molar-refractivity contribution is -0.142. The van der Waals surface area contributed by atoms with E-state index in [4.69, 9.17) is 0 Å². The Balaban J connectivity index is 1.79. The number of para-hydroxylation sites is 1. The van der Waals surface area contributed by atoms with Crippen molar-refractivity contribution in [1.82, 2.24) is 41.1 Å². The Bertz CT molecular complexity index is 1950. The number of carbonyl (C=O) groups excluding carboxylic acids is 5. The van der Waals surface area contributed by atoms with Crippen molar-refractivity contribution in [3.05, 3.63) is 62.9 Å². The molecule has 19 heteroatoms. The number of hydrogen-bond donors (Lipinski definition) is 9. The Morgan fingerprint density at radius 1 is 0.923 bits per heavy atom. The normalized spacial score (nSPS) is 22.9. The van der Waals surface area contributed by atoms with Gasteiger partial charge in [0.2, 0.25) is 29.5 Å². The summed E-state index contributed by atoms with van der Waals surface area (Å²) in [6.45, 7) is 5.63. The lowest BCUT2D eigenvalue weighted by Gasteiger charge is -2.27. The highest BCUT2D eigenvalue weighted by molar-refractivity contribution is 7.99. The van der Waals surface area contributed by atoms with Crippen LogP contribution in [0.15, 0.2) is 51.1 Å². The van der Waals surface area contributed by atoms with E-state index in [1.165, 1.54) is 13.8 Å². The highest BCUT2D eigenvalue weighted by atomic mass is 32.2. The maximum absolute atomic E-state index is 14.1. The number of aliphatic hydroxyl groups excluding tert-OH is 1. The minimum absolute atomic E-state index is 0.125. The first-order valence-corrected chi connectivity index (χ1v) is 17.5. The minimum Gasteiger partial charge on any atom is -0.480 e. The van der Waals surface area contributed by atoms with Gasteiger partial charge in [0.25, 0.3) is 5.56 Å². The molecule has 3 heterocycles. The van der Waals surface area contributed by atoms with Crippen LogP contribution in [0.5, 0.6) is 0 Å². The average molecular weight is 743 g/mol. The first kappa shape index (κ1) is 39.4. The molecule has 9 N–H and O–H groups in total. The van der Waals surface area contributed by atoms with E-state index in [1.807, 2.05) is 13.8 Å². The number of rotatable bonds is 7. The fourth-order valence-electron chi connectivity index (χ4n) is 5.52. The van der Waals surface area contributed by atoms with Gasteiger partial charge >= 0.3 is 11.7 Å². The number of aromatic nitrogens is 3. The lowest BCUT2D eigenvalue weighted by Crippen LogP contribution is -2.60. The molecular weight excluding hydrogens is 700 g/mol. The topological polar surface area (TPSA) is 274 Å². The molecule has 0 fully saturated rings. The van der Waals surface area contributed by atoms with Crippen molar-refractivity contribution in [2.45, 2.75) is 88.4 Å². The third-order valence-corrected chi connectivity index (χ3v) is 9.35. The van der Waals surface area contributed by atoms with Crippen LogP contribution >= 0.6 is 11.8 Å². The fourth-order valence-corrected chi connectivity index (χ4v) is 6.63. The zero-order valence-corrected chi connectivity index (χ0v) is 29.7. The summed E-state index contributed by atoms with van der Waals surface area (Å²) in [4.78, 5) is 109. The Morgan fingerprint density at radius 3 is 2.29 bits per heavy atom. The zero-order chi connectivity index (χ0) is 38.3. The van der Waals surface area contributed by atoms with E-state index in [0.717, 1.165) is 28.6 Å². The molecule has 6 atom stereocenters. The molecular formula is C33H42N8O10S. The third kappa shape index (κ3) is 10.1. The van der Waals surface area contributed by atoms with Gasteiger partial charge in [-0.15, -0.1) is 11.8 Å². The van der Waals surface area contributed by atoms with Crippen LogP contribution in [0.2, 0.25) is 0 Å². The number of aromatic amines is 2. The fraction of sp³-hybridized carbons (Fsp3) is 0.455.